The molecule has 144 valence electrons. The first kappa shape index (κ1) is 19.3. The Hall–Kier alpha value is -3.42. The summed E-state index contributed by atoms with van der Waals surface area (Å²) in [6.07, 6.45) is -1.89. The van der Waals surface area contributed by atoms with Crippen LogP contribution in [0.3, 0.4) is 0 Å². The maximum absolute atomic E-state index is 12.8. The summed E-state index contributed by atoms with van der Waals surface area (Å²) < 4.78 is 38.3. The van der Waals surface area contributed by atoms with Crippen molar-refractivity contribution in [3.63, 3.8) is 0 Å². The van der Waals surface area contributed by atoms with Crippen LogP contribution < -0.4 is 10.6 Å². The summed E-state index contributed by atoms with van der Waals surface area (Å²) >= 11 is 0. The molecule has 0 aliphatic heterocycles. The second kappa shape index (κ2) is 7.67. The van der Waals surface area contributed by atoms with Gasteiger partial charge in [-0.1, -0.05) is 12.1 Å². The Bertz CT molecular complexity index is 1000. The minimum Gasteiger partial charge on any atom is -0.339 e. The molecule has 5 nitrogen and oxygen atoms in total. The third kappa shape index (κ3) is 4.64. The Labute approximate surface area is 159 Å². The molecule has 0 unspecified atom stereocenters. The van der Waals surface area contributed by atoms with Crippen molar-refractivity contribution in [3.05, 3.63) is 77.2 Å². The summed E-state index contributed by atoms with van der Waals surface area (Å²) in [5.41, 5.74) is 2.34. The van der Waals surface area contributed by atoms with Gasteiger partial charge in [-0.05, 0) is 55.3 Å². The van der Waals surface area contributed by atoms with Crippen LogP contribution in [0.4, 0.5) is 30.4 Å². The quantitative estimate of drug-likeness (QED) is 0.654. The molecule has 2 aromatic carbocycles. The van der Waals surface area contributed by atoms with Crippen molar-refractivity contribution in [2.45, 2.75) is 20.0 Å². The van der Waals surface area contributed by atoms with Gasteiger partial charge in [-0.3, -0.25) is 4.79 Å². The molecule has 0 saturated heterocycles. The van der Waals surface area contributed by atoms with E-state index in [0.717, 1.165) is 23.3 Å². The lowest BCUT2D eigenvalue weighted by Gasteiger charge is -2.10. The highest BCUT2D eigenvalue weighted by atomic mass is 19.4. The highest BCUT2D eigenvalue weighted by Gasteiger charge is 2.30. The zero-order valence-electron chi connectivity index (χ0n) is 15.1. The number of alkyl halides is 3. The van der Waals surface area contributed by atoms with Crippen LogP contribution in [0.25, 0.3) is 0 Å². The summed E-state index contributed by atoms with van der Waals surface area (Å²) in [5, 5.41) is 5.47. The van der Waals surface area contributed by atoms with Crippen LogP contribution in [-0.2, 0) is 6.18 Å². The van der Waals surface area contributed by atoms with Gasteiger partial charge in [0.25, 0.3) is 5.91 Å². The van der Waals surface area contributed by atoms with Crippen LogP contribution in [0.2, 0.25) is 0 Å². The third-order valence-corrected chi connectivity index (χ3v) is 4.11. The van der Waals surface area contributed by atoms with Crippen molar-refractivity contribution < 1.29 is 18.0 Å². The molecular weight excluding hydrogens is 369 g/mol. The molecule has 8 heteroatoms. The van der Waals surface area contributed by atoms with Gasteiger partial charge in [0.05, 0.1) is 18.0 Å². The standard InChI is InChI=1S/C20H17F3N4O/c1-12-6-7-16(8-13(12)2)27-19(28)17-10-25-18(11-24-17)26-15-5-3-4-14(9-15)20(21,22)23/h3-11H,1-2H3,(H,25,26)(H,27,28). The predicted octanol–water partition coefficient (Wildman–Crippen LogP) is 5.11. The normalized spacial score (nSPS) is 11.2. The van der Waals surface area contributed by atoms with Gasteiger partial charge < -0.3 is 10.6 Å². The lowest BCUT2D eigenvalue weighted by atomic mass is 10.1. The van der Waals surface area contributed by atoms with Gasteiger partial charge in [0.1, 0.15) is 11.5 Å². The summed E-state index contributed by atoms with van der Waals surface area (Å²) in [6.45, 7) is 3.92. The zero-order valence-corrected chi connectivity index (χ0v) is 15.1. The number of nitrogens with zero attached hydrogens (tertiary/aromatic N) is 2. The Balaban J connectivity index is 1.69. The van der Waals surface area contributed by atoms with E-state index in [1.807, 2.05) is 26.0 Å². The van der Waals surface area contributed by atoms with E-state index in [1.165, 1.54) is 24.5 Å². The number of aromatic nitrogens is 2. The number of carbonyl (C=O) groups is 1. The number of nitrogens with one attached hydrogen (secondary N) is 2. The van der Waals surface area contributed by atoms with Crippen LogP contribution in [0.1, 0.15) is 27.2 Å². The molecule has 0 aliphatic carbocycles. The fraction of sp³-hybridized carbons (Fsp3) is 0.150. The maximum atomic E-state index is 12.8. The Morgan fingerprint density at radius 2 is 1.71 bits per heavy atom. The molecule has 1 heterocycles. The van der Waals surface area contributed by atoms with E-state index in [4.69, 9.17) is 0 Å². The van der Waals surface area contributed by atoms with Crippen molar-refractivity contribution in [3.8, 4) is 0 Å². The Morgan fingerprint density at radius 3 is 2.36 bits per heavy atom. The molecule has 0 fully saturated rings. The molecule has 0 radical (unpaired) electrons. The minimum atomic E-state index is -4.43. The first-order valence-electron chi connectivity index (χ1n) is 8.37. The molecule has 1 amide bonds. The van der Waals surface area contributed by atoms with Crippen molar-refractivity contribution in [2.75, 3.05) is 10.6 Å². The van der Waals surface area contributed by atoms with Crippen LogP contribution in [-0.4, -0.2) is 15.9 Å². The molecular formula is C20H17F3N4O. The third-order valence-electron chi connectivity index (χ3n) is 4.11. The highest BCUT2D eigenvalue weighted by Crippen LogP contribution is 2.31. The number of carbonyl (C=O) groups excluding carboxylic acids is 1. The van der Waals surface area contributed by atoms with E-state index in [-0.39, 0.29) is 17.2 Å². The fourth-order valence-electron chi connectivity index (χ4n) is 2.45. The molecule has 0 atom stereocenters. The molecule has 3 aromatic rings. The van der Waals surface area contributed by atoms with Crippen LogP contribution in [0, 0.1) is 13.8 Å². The minimum absolute atomic E-state index is 0.0906. The summed E-state index contributed by atoms with van der Waals surface area (Å²) in [4.78, 5) is 20.3. The molecule has 0 spiro atoms. The number of hydrogen-bond donors (Lipinski definition) is 2. The van der Waals surface area contributed by atoms with Crippen molar-refractivity contribution in [1.82, 2.24) is 9.97 Å². The predicted molar refractivity (Wildman–Crippen MR) is 101 cm³/mol. The number of benzene rings is 2. The number of hydrogen-bond acceptors (Lipinski definition) is 4. The van der Waals surface area contributed by atoms with Gasteiger partial charge in [-0.2, -0.15) is 13.2 Å². The monoisotopic (exact) mass is 386 g/mol. The van der Waals surface area contributed by atoms with Crippen molar-refractivity contribution in [1.29, 1.82) is 0 Å². The van der Waals surface area contributed by atoms with Gasteiger partial charge >= 0.3 is 6.18 Å². The molecule has 1 aromatic heterocycles. The molecule has 0 aliphatic rings. The van der Waals surface area contributed by atoms with Gasteiger partial charge in [0.15, 0.2) is 0 Å². The zero-order chi connectivity index (χ0) is 20.3. The Kier molecular flexibility index (Phi) is 5.30. The van der Waals surface area contributed by atoms with Crippen LogP contribution in [0.5, 0.6) is 0 Å². The van der Waals surface area contributed by atoms with E-state index in [9.17, 15) is 18.0 Å². The van der Waals surface area contributed by atoms with E-state index < -0.39 is 17.6 Å². The summed E-state index contributed by atoms with van der Waals surface area (Å²) in [7, 11) is 0. The second-order valence-corrected chi connectivity index (χ2v) is 6.24. The summed E-state index contributed by atoms with van der Waals surface area (Å²) in [5.74, 6) is -0.205. The smallest absolute Gasteiger partial charge is 0.339 e. The number of rotatable bonds is 4. The fourth-order valence-corrected chi connectivity index (χ4v) is 2.45. The van der Waals surface area contributed by atoms with Crippen molar-refractivity contribution in [2.24, 2.45) is 0 Å². The lowest BCUT2D eigenvalue weighted by molar-refractivity contribution is -0.137. The Morgan fingerprint density at radius 1 is 0.929 bits per heavy atom. The van der Waals surface area contributed by atoms with Gasteiger partial charge in [-0.15, -0.1) is 0 Å². The number of halogens is 3. The van der Waals surface area contributed by atoms with E-state index in [2.05, 4.69) is 20.6 Å². The van der Waals surface area contributed by atoms with Gasteiger partial charge in [-0.25, -0.2) is 9.97 Å². The van der Waals surface area contributed by atoms with E-state index in [1.54, 1.807) is 6.07 Å². The van der Waals surface area contributed by atoms with Gasteiger partial charge in [0, 0.05) is 11.4 Å². The van der Waals surface area contributed by atoms with E-state index >= 15 is 0 Å². The number of amides is 1. The molecule has 2 N–H and O–H groups in total. The molecule has 0 bridgehead atoms. The number of anilines is 3. The average Bonchev–Trinajstić information content (AvgIpc) is 2.65. The van der Waals surface area contributed by atoms with E-state index in [0.29, 0.717) is 5.69 Å². The maximum Gasteiger partial charge on any atom is 0.416 e. The lowest BCUT2D eigenvalue weighted by Crippen LogP contribution is -2.14. The molecule has 0 saturated carbocycles. The van der Waals surface area contributed by atoms with Crippen LogP contribution in [0.15, 0.2) is 54.9 Å². The topological polar surface area (TPSA) is 66.9 Å². The molecule has 3 rings (SSSR count). The first-order chi connectivity index (χ1) is 13.2. The van der Waals surface area contributed by atoms with Crippen molar-refractivity contribution >= 4 is 23.1 Å². The molecule has 28 heavy (non-hydrogen) atoms. The van der Waals surface area contributed by atoms with Crippen LogP contribution >= 0.6 is 0 Å². The number of aryl methyl sites for hydroxylation is 2. The largest absolute Gasteiger partial charge is 0.416 e. The summed E-state index contributed by atoms with van der Waals surface area (Å²) in [6, 6.07) is 10.3. The SMILES string of the molecule is Cc1ccc(NC(=O)c2cnc(Nc3cccc(C(F)(F)F)c3)cn2)cc1C. The highest BCUT2D eigenvalue weighted by molar-refractivity contribution is 6.02. The average molecular weight is 386 g/mol. The van der Waals surface area contributed by atoms with Gasteiger partial charge in [0.2, 0.25) is 0 Å². The second-order valence-electron chi connectivity index (χ2n) is 6.24. The first-order valence-corrected chi connectivity index (χ1v) is 8.37.